The van der Waals surface area contributed by atoms with Crippen molar-refractivity contribution < 1.29 is 27.5 Å². The van der Waals surface area contributed by atoms with E-state index in [4.69, 9.17) is 16.3 Å². The van der Waals surface area contributed by atoms with Crippen LogP contribution in [0.2, 0.25) is 5.02 Å². The molecule has 1 fully saturated rings. The third kappa shape index (κ3) is 6.29. The highest BCUT2D eigenvalue weighted by molar-refractivity contribution is 6.30. The minimum atomic E-state index is -4.70. The zero-order valence-corrected chi connectivity index (χ0v) is 20.4. The van der Waals surface area contributed by atoms with E-state index in [1.807, 2.05) is 0 Å². The molecule has 194 valence electrons. The number of amides is 3. The van der Waals surface area contributed by atoms with Crippen molar-refractivity contribution in [2.75, 3.05) is 25.5 Å². The number of piperidine rings is 1. The van der Waals surface area contributed by atoms with Crippen LogP contribution in [0.3, 0.4) is 0 Å². The van der Waals surface area contributed by atoms with Crippen LogP contribution in [0.25, 0.3) is 0 Å². The maximum absolute atomic E-state index is 13.5. The van der Waals surface area contributed by atoms with Crippen LogP contribution in [-0.2, 0) is 6.18 Å². The number of likely N-dealkylation sites (tertiary alicyclic amines) is 1. The fraction of sp³-hybridized carbons (Fsp3) is 0.280. The molecule has 0 bridgehead atoms. The molecule has 12 heteroatoms. The third-order valence-electron chi connectivity index (χ3n) is 6.05. The van der Waals surface area contributed by atoms with Crippen LogP contribution in [0.4, 0.5) is 23.7 Å². The second-order valence-electron chi connectivity index (χ2n) is 8.40. The summed E-state index contributed by atoms with van der Waals surface area (Å²) < 4.78 is 45.7. The normalized spacial score (nSPS) is 17.7. The second kappa shape index (κ2) is 11.0. The van der Waals surface area contributed by atoms with Gasteiger partial charge in [-0.05, 0) is 48.9 Å². The summed E-state index contributed by atoms with van der Waals surface area (Å²) in [5.74, 6) is -0.767. The summed E-state index contributed by atoms with van der Waals surface area (Å²) in [7, 11) is 1.50. The lowest BCUT2D eigenvalue weighted by Crippen LogP contribution is -2.52. The van der Waals surface area contributed by atoms with Crippen LogP contribution in [0, 0.1) is 0 Å². The molecule has 2 atom stereocenters. The number of hydrogen-bond acceptors (Lipinski definition) is 5. The lowest BCUT2D eigenvalue weighted by molar-refractivity contribution is -0.138. The van der Waals surface area contributed by atoms with Crippen molar-refractivity contribution in [2.45, 2.75) is 24.6 Å². The number of carbonyl (C=O) groups is 2. The van der Waals surface area contributed by atoms with Crippen molar-refractivity contribution in [1.82, 2.24) is 20.2 Å². The zero-order valence-electron chi connectivity index (χ0n) is 19.6. The zero-order chi connectivity index (χ0) is 26.6. The fourth-order valence-corrected chi connectivity index (χ4v) is 4.32. The molecule has 37 heavy (non-hydrogen) atoms. The number of alkyl halides is 3. The van der Waals surface area contributed by atoms with E-state index >= 15 is 0 Å². The summed E-state index contributed by atoms with van der Waals surface area (Å²) in [6.07, 6.45) is -0.983. The van der Waals surface area contributed by atoms with Crippen molar-refractivity contribution in [2.24, 2.45) is 0 Å². The number of benzene rings is 1. The highest BCUT2D eigenvalue weighted by atomic mass is 35.5. The Morgan fingerprint density at radius 2 is 1.86 bits per heavy atom. The van der Waals surface area contributed by atoms with E-state index in [-0.39, 0.29) is 13.1 Å². The molecule has 8 nitrogen and oxygen atoms in total. The summed E-state index contributed by atoms with van der Waals surface area (Å²) in [6.45, 7) is 0.166. The molecule has 1 aliphatic heterocycles. The number of nitrogens with one attached hydrogen (secondary N) is 2. The minimum Gasteiger partial charge on any atom is -0.495 e. The van der Waals surface area contributed by atoms with Crippen LogP contribution < -0.4 is 15.4 Å². The van der Waals surface area contributed by atoms with Crippen molar-refractivity contribution in [3.8, 4) is 5.75 Å². The molecule has 3 aromatic rings. The Labute approximate surface area is 215 Å². The van der Waals surface area contributed by atoms with Crippen molar-refractivity contribution in [3.05, 3.63) is 82.9 Å². The summed E-state index contributed by atoms with van der Waals surface area (Å²) >= 11 is 5.89. The summed E-state index contributed by atoms with van der Waals surface area (Å²) in [5.41, 5.74) is -0.486. The lowest BCUT2D eigenvalue weighted by atomic mass is 9.88. The number of methoxy groups -OCH3 is 1. The van der Waals surface area contributed by atoms with Gasteiger partial charge >= 0.3 is 12.2 Å². The lowest BCUT2D eigenvalue weighted by Gasteiger charge is -2.39. The molecule has 0 radical (unpaired) electrons. The van der Waals surface area contributed by atoms with Gasteiger partial charge in [-0.25, -0.2) is 4.79 Å². The highest BCUT2D eigenvalue weighted by Crippen LogP contribution is 2.34. The Morgan fingerprint density at radius 1 is 1.11 bits per heavy atom. The number of aromatic nitrogens is 2. The number of halogens is 4. The number of ether oxygens (including phenoxy) is 1. The number of carbonyl (C=O) groups excluding carboxylic acids is 2. The van der Waals surface area contributed by atoms with Gasteiger partial charge in [-0.3, -0.25) is 14.8 Å². The number of hydrogen-bond donors (Lipinski definition) is 2. The highest BCUT2D eigenvalue weighted by Gasteiger charge is 2.39. The molecule has 0 saturated carbocycles. The van der Waals surface area contributed by atoms with Gasteiger partial charge in [0.15, 0.2) is 0 Å². The Morgan fingerprint density at radius 3 is 2.51 bits per heavy atom. The van der Waals surface area contributed by atoms with Gasteiger partial charge in [-0.2, -0.15) is 13.2 Å². The van der Waals surface area contributed by atoms with Crippen molar-refractivity contribution in [1.29, 1.82) is 0 Å². The first-order valence-corrected chi connectivity index (χ1v) is 11.7. The van der Waals surface area contributed by atoms with Crippen molar-refractivity contribution in [3.63, 3.8) is 0 Å². The predicted octanol–water partition coefficient (Wildman–Crippen LogP) is 4.98. The molecule has 1 saturated heterocycles. The van der Waals surface area contributed by atoms with Gasteiger partial charge < -0.3 is 20.3 Å². The van der Waals surface area contributed by atoms with Gasteiger partial charge in [-0.15, -0.1) is 0 Å². The first kappa shape index (κ1) is 26.2. The van der Waals surface area contributed by atoms with Crippen LogP contribution in [0.15, 0.2) is 61.1 Å². The van der Waals surface area contributed by atoms with Gasteiger partial charge in [0.25, 0.3) is 5.91 Å². The first-order chi connectivity index (χ1) is 17.7. The Balaban J connectivity index is 1.56. The molecular formula is C25H23ClF3N5O3. The average molecular weight is 534 g/mol. The Hall–Kier alpha value is -3.86. The topological polar surface area (TPSA) is 96.5 Å². The molecule has 3 heterocycles. The number of nitrogens with zero attached hydrogens (tertiary/aromatic N) is 3. The Kier molecular flexibility index (Phi) is 7.82. The third-order valence-corrected chi connectivity index (χ3v) is 6.30. The number of pyridine rings is 2. The van der Waals surface area contributed by atoms with E-state index in [0.717, 1.165) is 18.5 Å². The predicted molar refractivity (Wildman–Crippen MR) is 131 cm³/mol. The average Bonchev–Trinajstić information content (AvgIpc) is 2.89. The van der Waals surface area contributed by atoms with Gasteiger partial charge in [0.2, 0.25) is 0 Å². The number of rotatable bonds is 5. The fourth-order valence-electron chi connectivity index (χ4n) is 4.19. The van der Waals surface area contributed by atoms with E-state index in [9.17, 15) is 22.8 Å². The van der Waals surface area contributed by atoms with Gasteiger partial charge in [0.05, 0.1) is 24.4 Å². The van der Waals surface area contributed by atoms with Crippen LogP contribution >= 0.6 is 11.6 Å². The van der Waals surface area contributed by atoms with Crippen LogP contribution in [-0.4, -0.2) is 53.0 Å². The van der Waals surface area contributed by atoms with E-state index < -0.39 is 41.2 Å². The molecular weight excluding hydrogens is 511 g/mol. The quantitative estimate of drug-likeness (QED) is 0.482. The van der Waals surface area contributed by atoms with Gasteiger partial charge in [0.1, 0.15) is 5.75 Å². The maximum Gasteiger partial charge on any atom is 0.417 e. The van der Waals surface area contributed by atoms with Crippen molar-refractivity contribution >= 4 is 29.2 Å². The first-order valence-electron chi connectivity index (χ1n) is 11.3. The van der Waals surface area contributed by atoms with E-state index in [1.165, 1.54) is 18.2 Å². The van der Waals surface area contributed by atoms with Gasteiger partial charge in [-0.1, -0.05) is 11.6 Å². The second-order valence-corrected chi connectivity index (χ2v) is 8.84. The van der Waals surface area contributed by atoms with Crippen LogP contribution in [0.1, 0.15) is 34.0 Å². The molecule has 2 aromatic heterocycles. The molecule has 2 N–H and O–H groups in total. The molecule has 0 unspecified atom stereocenters. The smallest absolute Gasteiger partial charge is 0.417 e. The molecule has 1 aromatic carbocycles. The summed E-state index contributed by atoms with van der Waals surface area (Å²) in [6, 6.07) is 9.83. The summed E-state index contributed by atoms with van der Waals surface area (Å²) in [4.78, 5) is 35.4. The monoisotopic (exact) mass is 533 g/mol. The van der Waals surface area contributed by atoms with Crippen LogP contribution in [0.5, 0.6) is 5.75 Å². The molecule has 4 rings (SSSR count). The van der Waals surface area contributed by atoms with Gasteiger partial charge in [0, 0.05) is 53.8 Å². The van der Waals surface area contributed by atoms with E-state index in [0.29, 0.717) is 28.6 Å². The minimum absolute atomic E-state index is 0.0379. The molecule has 0 spiro atoms. The number of anilines is 1. The number of urea groups is 1. The summed E-state index contributed by atoms with van der Waals surface area (Å²) in [5, 5.41) is 6.16. The molecule has 1 aliphatic rings. The molecule has 3 amide bonds. The SMILES string of the molecule is COc1ccc([C@@H]2CN(C(=O)c3cnccc3C(F)(F)F)CC[C@H]2NC(=O)Nc2ccc(Cl)cc2)nc1. The van der Waals surface area contributed by atoms with E-state index in [2.05, 4.69) is 20.6 Å². The molecule has 0 aliphatic carbocycles. The Bertz CT molecular complexity index is 1260. The maximum atomic E-state index is 13.5. The largest absolute Gasteiger partial charge is 0.495 e. The standard InChI is InChI=1S/C25H23ClF3N5O3/c1-37-17-6-7-21(31-12-17)19-14-34(23(35)18-13-30-10-8-20(18)25(27,28)29)11-9-22(19)33-24(36)32-16-4-2-15(26)3-5-16/h2-8,10,12-13,19,22H,9,11,14H2,1H3,(H2,32,33,36)/t19-,22+/m0/s1. The van der Waals surface area contributed by atoms with E-state index in [1.54, 1.807) is 36.4 Å².